The lowest BCUT2D eigenvalue weighted by Crippen LogP contribution is -2.31. The van der Waals surface area contributed by atoms with Gasteiger partial charge in [-0.25, -0.2) is 22.3 Å². The highest BCUT2D eigenvalue weighted by Gasteiger charge is 2.24. The molecular formula is C11H14FNO4S. The van der Waals surface area contributed by atoms with E-state index in [1.165, 1.54) is 0 Å². The zero-order valence-corrected chi connectivity index (χ0v) is 11.0. The van der Waals surface area contributed by atoms with Crippen molar-refractivity contribution in [3.63, 3.8) is 0 Å². The average Bonchev–Trinajstić information content (AvgIpc) is 2.26. The highest BCUT2D eigenvalue weighted by Crippen LogP contribution is 2.18. The quantitative estimate of drug-likeness (QED) is 0.841. The van der Waals surface area contributed by atoms with Gasteiger partial charge in [-0.05, 0) is 32.0 Å². The van der Waals surface area contributed by atoms with E-state index < -0.39 is 26.7 Å². The van der Waals surface area contributed by atoms with E-state index in [-0.39, 0.29) is 11.6 Å². The summed E-state index contributed by atoms with van der Waals surface area (Å²) in [5.41, 5.74) is -0.202. The highest BCUT2D eigenvalue weighted by molar-refractivity contribution is 7.89. The summed E-state index contributed by atoms with van der Waals surface area (Å²) in [6.45, 7) is 3.24. The first kappa shape index (κ1) is 14.6. The third-order valence-corrected chi connectivity index (χ3v) is 3.73. The number of halogens is 1. The van der Waals surface area contributed by atoms with Gasteiger partial charge in [0.1, 0.15) is 5.82 Å². The van der Waals surface area contributed by atoms with E-state index >= 15 is 0 Å². The Balaban J connectivity index is 3.38. The van der Waals surface area contributed by atoms with Crippen LogP contribution in [0.3, 0.4) is 0 Å². The molecule has 0 saturated carbocycles. The van der Waals surface area contributed by atoms with Crippen LogP contribution in [-0.4, -0.2) is 27.5 Å². The Morgan fingerprint density at radius 1 is 1.39 bits per heavy atom. The molecule has 1 rings (SSSR count). The average molecular weight is 275 g/mol. The fourth-order valence-electron chi connectivity index (χ4n) is 1.37. The molecule has 0 unspecified atom stereocenters. The molecule has 0 aromatic heterocycles. The van der Waals surface area contributed by atoms with E-state index in [0.29, 0.717) is 0 Å². The minimum absolute atomic E-state index is 0.202. The second-order valence-electron chi connectivity index (χ2n) is 3.91. The van der Waals surface area contributed by atoms with Crippen LogP contribution < -0.4 is 4.72 Å². The van der Waals surface area contributed by atoms with E-state index in [1.54, 1.807) is 13.8 Å². The van der Waals surface area contributed by atoms with Crippen LogP contribution in [0.1, 0.15) is 24.2 Å². The Kier molecular flexibility index (Phi) is 4.42. The number of carbonyl (C=O) groups is 1. The Labute approximate surface area is 105 Å². The second-order valence-corrected chi connectivity index (χ2v) is 5.59. The van der Waals surface area contributed by atoms with Crippen molar-refractivity contribution in [3.8, 4) is 0 Å². The van der Waals surface area contributed by atoms with Gasteiger partial charge in [0.15, 0.2) is 0 Å². The number of methoxy groups -OCH3 is 1. The Morgan fingerprint density at radius 2 is 2.00 bits per heavy atom. The lowest BCUT2D eigenvalue weighted by molar-refractivity contribution is 0.0596. The van der Waals surface area contributed by atoms with Gasteiger partial charge in [-0.2, -0.15) is 0 Å². The number of rotatable bonds is 4. The summed E-state index contributed by atoms with van der Waals surface area (Å²) < 4.78 is 43.8. The standard InChI is InChI=1S/C11H14FNO4S/c1-7(2)13-18(15,16)10-6-8(12)4-5-9(10)11(14)17-3/h4-7,13H,1-3H3. The number of nitrogens with one attached hydrogen (secondary N) is 1. The van der Waals surface area contributed by atoms with Crippen LogP contribution in [0.4, 0.5) is 4.39 Å². The summed E-state index contributed by atoms with van der Waals surface area (Å²) in [6, 6.07) is 2.50. The van der Waals surface area contributed by atoms with Crippen LogP contribution in [0, 0.1) is 5.82 Å². The van der Waals surface area contributed by atoms with E-state index in [1.807, 2.05) is 0 Å². The zero-order valence-electron chi connectivity index (χ0n) is 10.2. The third-order valence-electron chi connectivity index (χ3n) is 2.03. The smallest absolute Gasteiger partial charge is 0.339 e. The highest BCUT2D eigenvalue weighted by atomic mass is 32.2. The summed E-state index contributed by atoms with van der Waals surface area (Å²) in [5.74, 6) is -1.58. The van der Waals surface area contributed by atoms with Crippen molar-refractivity contribution in [2.45, 2.75) is 24.8 Å². The molecule has 0 aliphatic rings. The predicted molar refractivity (Wildman–Crippen MR) is 63.2 cm³/mol. The van der Waals surface area contributed by atoms with Crippen LogP contribution in [0.25, 0.3) is 0 Å². The van der Waals surface area contributed by atoms with Crippen LogP contribution in [0.5, 0.6) is 0 Å². The molecule has 1 aromatic carbocycles. The van der Waals surface area contributed by atoms with E-state index in [2.05, 4.69) is 9.46 Å². The van der Waals surface area contributed by atoms with Crippen molar-refractivity contribution in [2.75, 3.05) is 7.11 Å². The Morgan fingerprint density at radius 3 is 2.50 bits per heavy atom. The van der Waals surface area contributed by atoms with Crippen LogP contribution in [0.15, 0.2) is 23.1 Å². The molecule has 0 radical (unpaired) electrons. The van der Waals surface area contributed by atoms with Gasteiger partial charge in [0, 0.05) is 6.04 Å². The van der Waals surface area contributed by atoms with Gasteiger partial charge in [-0.3, -0.25) is 0 Å². The molecule has 18 heavy (non-hydrogen) atoms. The van der Waals surface area contributed by atoms with Gasteiger partial charge >= 0.3 is 5.97 Å². The van der Waals surface area contributed by atoms with Gasteiger partial charge in [-0.15, -0.1) is 0 Å². The normalized spacial score (nSPS) is 11.6. The first-order valence-corrected chi connectivity index (χ1v) is 6.66. The summed E-state index contributed by atoms with van der Waals surface area (Å²) in [4.78, 5) is 11.0. The molecule has 1 N–H and O–H groups in total. The molecule has 0 spiro atoms. The molecule has 0 saturated heterocycles. The molecule has 100 valence electrons. The topological polar surface area (TPSA) is 72.5 Å². The van der Waals surface area contributed by atoms with Crippen molar-refractivity contribution >= 4 is 16.0 Å². The number of ether oxygens (including phenoxy) is 1. The second kappa shape index (κ2) is 5.45. The molecule has 0 atom stereocenters. The number of hydrogen-bond donors (Lipinski definition) is 1. The molecule has 1 aromatic rings. The molecule has 0 fully saturated rings. The van der Waals surface area contributed by atoms with E-state index in [9.17, 15) is 17.6 Å². The Hall–Kier alpha value is -1.47. The van der Waals surface area contributed by atoms with E-state index in [4.69, 9.17) is 0 Å². The van der Waals surface area contributed by atoms with Crippen molar-refractivity contribution in [1.29, 1.82) is 0 Å². The van der Waals surface area contributed by atoms with Crippen molar-refractivity contribution in [2.24, 2.45) is 0 Å². The van der Waals surface area contributed by atoms with Gasteiger partial charge < -0.3 is 4.74 Å². The van der Waals surface area contributed by atoms with Crippen molar-refractivity contribution < 1.29 is 22.3 Å². The molecule has 0 aliphatic carbocycles. The minimum Gasteiger partial charge on any atom is -0.465 e. The number of carbonyl (C=O) groups excluding carboxylic acids is 1. The first-order chi connectivity index (χ1) is 8.27. The van der Waals surface area contributed by atoms with Gasteiger partial charge in [-0.1, -0.05) is 0 Å². The first-order valence-electron chi connectivity index (χ1n) is 5.18. The minimum atomic E-state index is -3.96. The lowest BCUT2D eigenvalue weighted by Gasteiger charge is -2.12. The fourth-order valence-corrected chi connectivity index (χ4v) is 2.83. The molecule has 0 aliphatic heterocycles. The summed E-state index contributed by atoms with van der Waals surface area (Å²) in [7, 11) is -2.84. The number of sulfonamides is 1. The van der Waals surface area contributed by atoms with Gasteiger partial charge in [0.2, 0.25) is 10.0 Å². The molecule has 0 amide bonds. The summed E-state index contributed by atoms with van der Waals surface area (Å²) in [6.07, 6.45) is 0. The fraction of sp³-hybridized carbons (Fsp3) is 0.364. The number of hydrogen-bond acceptors (Lipinski definition) is 4. The number of esters is 1. The Bertz CT molecular complexity index is 554. The maximum Gasteiger partial charge on any atom is 0.339 e. The van der Waals surface area contributed by atoms with Gasteiger partial charge in [0.25, 0.3) is 0 Å². The van der Waals surface area contributed by atoms with E-state index in [0.717, 1.165) is 25.3 Å². The van der Waals surface area contributed by atoms with Crippen LogP contribution in [-0.2, 0) is 14.8 Å². The molecule has 7 heteroatoms. The van der Waals surface area contributed by atoms with Crippen molar-refractivity contribution in [1.82, 2.24) is 4.72 Å². The third kappa shape index (κ3) is 3.27. The maximum absolute atomic E-state index is 13.1. The maximum atomic E-state index is 13.1. The van der Waals surface area contributed by atoms with Crippen LogP contribution >= 0.6 is 0 Å². The van der Waals surface area contributed by atoms with Crippen LogP contribution in [0.2, 0.25) is 0 Å². The summed E-state index contributed by atoms with van der Waals surface area (Å²) in [5, 5.41) is 0. The van der Waals surface area contributed by atoms with Crippen molar-refractivity contribution in [3.05, 3.63) is 29.6 Å². The monoisotopic (exact) mass is 275 g/mol. The molecular weight excluding hydrogens is 261 g/mol. The molecule has 0 bridgehead atoms. The number of benzene rings is 1. The summed E-state index contributed by atoms with van der Waals surface area (Å²) >= 11 is 0. The predicted octanol–water partition coefficient (Wildman–Crippen LogP) is 1.30. The van der Waals surface area contributed by atoms with Gasteiger partial charge in [0.05, 0.1) is 17.6 Å². The zero-order chi connectivity index (χ0) is 13.9. The SMILES string of the molecule is COC(=O)c1ccc(F)cc1S(=O)(=O)NC(C)C. The molecule has 0 heterocycles. The lowest BCUT2D eigenvalue weighted by atomic mass is 10.2. The molecule has 5 nitrogen and oxygen atoms in total. The largest absolute Gasteiger partial charge is 0.465 e.